The van der Waals surface area contributed by atoms with Crippen LogP contribution in [0, 0.1) is 0 Å². The van der Waals surface area contributed by atoms with E-state index >= 15 is 0 Å². The van der Waals surface area contributed by atoms with Gasteiger partial charge in [-0.25, -0.2) is 0 Å². The second-order valence-electron chi connectivity index (χ2n) is 20.2. The van der Waals surface area contributed by atoms with Gasteiger partial charge in [-0.05, 0) is 116 Å². The summed E-state index contributed by atoms with van der Waals surface area (Å²) in [6.07, 6.45) is 78.6. The third-order valence-electron chi connectivity index (χ3n) is 13.1. The van der Waals surface area contributed by atoms with E-state index in [1.807, 2.05) is 0 Å². The van der Waals surface area contributed by atoms with E-state index in [1.54, 1.807) is 0 Å². The van der Waals surface area contributed by atoms with Crippen LogP contribution in [0.2, 0.25) is 0 Å². The highest BCUT2D eigenvalue weighted by atomic mass is 16.6. The summed E-state index contributed by atoms with van der Waals surface area (Å²) in [5, 5.41) is 0. The van der Waals surface area contributed by atoms with E-state index in [2.05, 4.69) is 106 Å². The zero-order chi connectivity index (χ0) is 52.2. The van der Waals surface area contributed by atoms with Crippen LogP contribution in [0.15, 0.2) is 85.1 Å². The lowest BCUT2D eigenvalue weighted by molar-refractivity contribution is -0.167. The average molecular weight is 1000 g/mol. The summed E-state index contributed by atoms with van der Waals surface area (Å²) in [7, 11) is 0. The lowest BCUT2D eigenvalue weighted by Gasteiger charge is -2.18. The van der Waals surface area contributed by atoms with Crippen molar-refractivity contribution in [1.29, 1.82) is 0 Å². The van der Waals surface area contributed by atoms with Crippen molar-refractivity contribution in [2.75, 3.05) is 13.2 Å². The third kappa shape index (κ3) is 57.5. The van der Waals surface area contributed by atoms with Gasteiger partial charge in [-0.1, -0.05) is 247 Å². The number of ether oxygens (including phenoxy) is 3. The van der Waals surface area contributed by atoms with Crippen molar-refractivity contribution in [1.82, 2.24) is 0 Å². The molecule has 0 rings (SSSR count). The quantitative estimate of drug-likeness (QED) is 0.0261. The number of esters is 3. The van der Waals surface area contributed by atoms with Crippen LogP contribution in [0.4, 0.5) is 0 Å². The Morgan fingerprint density at radius 2 is 0.542 bits per heavy atom. The number of carbonyl (C=O) groups is 3. The van der Waals surface area contributed by atoms with E-state index in [1.165, 1.54) is 161 Å². The van der Waals surface area contributed by atoms with Crippen LogP contribution in [0.25, 0.3) is 0 Å². The Morgan fingerprint density at radius 1 is 0.292 bits per heavy atom. The lowest BCUT2D eigenvalue weighted by Crippen LogP contribution is -2.30. The molecule has 0 amide bonds. The van der Waals surface area contributed by atoms with Gasteiger partial charge in [0.2, 0.25) is 0 Å². The molecule has 0 aliphatic heterocycles. The highest BCUT2D eigenvalue weighted by Crippen LogP contribution is 2.16. The van der Waals surface area contributed by atoms with Gasteiger partial charge in [0.1, 0.15) is 13.2 Å². The molecule has 0 heterocycles. The molecular weight excluding hydrogens is 889 g/mol. The summed E-state index contributed by atoms with van der Waals surface area (Å²) in [5.41, 5.74) is 0. The van der Waals surface area contributed by atoms with Crippen molar-refractivity contribution in [2.24, 2.45) is 0 Å². The van der Waals surface area contributed by atoms with E-state index in [9.17, 15) is 14.4 Å². The van der Waals surface area contributed by atoms with Crippen LogP contribution in [0.5, 0.6) is 0 Å². The van der Waals surface area contributed by atoms with Gasteiger partial charge in [0.25, 0.3) is 0 Å². The molecule has 0 aliphatic carbocycles. The van der Waals surface area contributed by atoms with Gasteiger partial charge in [-0.3, -0.25) is 14.4 Å². The largest absolute Gasteiger partial charge is 0.462 e. The van der Waals surface area contributed by atoms with Crippen molar-refractivity contribution >= 4 is 17.9 Å². The number of unbranched alkanes of at least 4 members (excludes halogenated alkanes) is 30. The Morgan fingerprint density at radius 3 is 0.861 bits per heavy atom. The van der Waals surface area contributed by atoms with Crippen molar-refractivity contribution < 1.29 is 28.6 Å². The zero-order valence-electron chi connectivity index (χ0n) is 47.4. The highest BCUT2D eigenvalue weighted by Gasteiger charge is 2.19. The molecule has 0 saturated heterocycles. The second kappa shape index (κ2) is 60.1. The van der Waals surface area contributed by atoms with Gasteiger partial charge < -0.3 is 14.2 Å². The molecule has 72 heavy (non-hydrogen) atoms. The maximum atomic E-state index is 12.9. The maximum Gasteiger partial charge on any atom is 0.306 e. The van der Waals surface area contributed by atoms with Crippen molar-refractivity contribution in [3.05, 3.63) is 85.1 Å². The summed E-state index contributed by atoms with van der Waals surface area (Å²) in [6.45, 7) is 6.49. The van der Waals surface area contributed by atoms with Crippen LogP contribution >= 0.6 is 0 Å². The predicted molar refractivity (Wildman–Crippen MR) is 311 cm³/mol. The molecule has 1 atom stereocenters. The van der Waals surface area contributed by atoms with Crippen LogP contribution in [0.1, 0.15) is 297 Å². The standard InChI is InChI=1S/C66H114O6/c1-4-7-10-13-16-19-22-25-27-29-31-32-33-34-36-37-39-41-44-47-50-53-56-59-65(68)71-62-63(61-70-64(67)58-55-52-49-46-43-24-21-18-15-12-9-6-3)72-66(69)60-57-54-51-48-45-42-40-38-35-30-28-26-23-20-17-14-11-8-5-2/h7,10,16-21,25-28,31-32,63H,4-6,8-9,11-15,22-24,29-30,33-62H2,1-3H3/b10-7-,19-16-,20-17-,21-18-,27-25-,28-26-,32-31-. The topological polar surface area (TPSA) is 78.9 Å². The fourth-order valence-corrected chi connectivity index (χ4v) is 8.52. The molecule has 0 aromatic rings. The van der Waals surface area contributed by atoms with Gasteiger partial charge in [0, 0.05) is 19.3 Å². The van der Waals surface area contributed by atoms with Crippen LogP contribution in [-0.4, -0.2) is 37.2 Å². The first-order valence-electron chi connectivity index (χ1n) is 30.6. The number of rotatable bonds is 55. The van der Waals surface area contributed by atoms with Crippen molar-refractivity contribution in [3.63, 3.8) is 0 Å². The van der Waals surface area contributed by atoms with E-state index in [0.29, 0.717) is 19.3 Å². The highest BCUT2D eigenvalue weighted by molar-refractivity contribution is 5.71. The summed E-state index contributed by atoms with van der Waals surface area (Å²) in [4.78, 5) is 38.2. The van der Waals surface area contributed by atoms with Crippen LogP contribution < -0.4 is 0 Å². The molecule has 0 radical (unpaired) electrons. The molecule has 1 unspecified atom stereocenters. The van der Waals surface area contributed by atoms with Crippen LogP contribution in [0.3, 0.4) is 0 Å². The van der Waals surface area contributed by atoms with Gasteiger partial charge >= 0.3 is 17.9 Å². The number of hydrogen-bond donors (Lipinski definition) is 0. The minimum Gasteiger partial charge on any atom is -0.462 e. The Hall–Kier alpha value is -3.41. The fourth-order valence-electron chi connectivity index (χ4n) is 8.52. The summed E-state index contributed by atoms with van der Waals surface area (Å²) in [5.74, 6) is -0.891. The smallest absolute Gasteiger partial charge is 0.306 e. The molecule has 0 N–H and O–H groups in total. The van der Waals surface area contributed by atoms with Crippen molar-refractivity contribution in [3.8, 4) is 0 Å². The zero-order valence-corrected chi connectivity index (χ0v) is 47.4. The van der Waals surface area contributed by atoms with E-state index in [-0.39, 0.29) is 31.1 Å². The summed E-state index contributed by atoms with van der Waals surface area (Å²) >= 11 is 0. The summed E-state index contributed by atoms with van der Waals surface area (Å²) < 4.78 is 16.9. The Labute approximate surface area is 445 Å². The second-order valence-corrected chi connectivity index (χ2v) is 20.2. The molecule has 0 aliphatic rings. The number of allylic oxidation sites excluding steroid dienone is 14. The van der Waals surface area contributed by atoms with E-state index in [4.69, 9.17) is 14.2 Å². The maximum absolute atomic E-state index is 12.9. The molecule has 0 saturated carbocycles. The fraction of sp³-hybridized carbons (Fsp3) is 0.742. The molecule has 0 bridgehead atoms. The number of carbonyl (C=O) groups excluding carboxylic acids is 3. The van der Waals surface area contributed by atoms with Gasteiger partial charge in [-0.15, -0.1) is 0 Å². The van der Waals surface area contributed by atoms with Crippen LogP contribution in [-0.2, 0) is 28.6 Å². The van der Waals surface area contributed by atoms with Gasteiger partial charge in [-0.2, -0.15) is 0 Å². The number of hydrogen-bond acceptors (Lipinski definition) is 6. The normalized spacial score (nSPS) is 12.7. The SMILES string of the molecule is CC/C=C\C/C=C\C/C=C\C/C=C\CCCCCCCCCCCCC(=O)OCC(COC(=O)CCCCCCC/C=C\CCCCC)OC(=O)CCCCCCCCCCC/C=C\C/C=C\CCCCC. The molecule has 0 fully saturated rings. The lowest BCUT2D eigenvalue weighted by atomic mass is 10.1. The minimum atomic E-state index is -0.784. The predicted octanol–water partition coefficient (Wildman–Crippen LogP) is 20.7. The molecule has 6 heteroatoms. The first-order valence-corrected chi connectivity index (χ1v) is 30.6. The van der Waals surface area contributed by atoms with E-state index < -0.39 is 6.10 Å². The first-order chi connectivity index (χ1) is 35.5. The molecule has 0 aromatic heterocycles. The minimum absolute atomic E-state index is 0.0822. The Kier molecular flexibility index (Phi) is 57.3. The third-order valence-corrected chi connectivity index (χ3v) is 13.1. The van der Waals surface area contributed by atoms with E-state index in [0.717, 1.165) is 96.3 Å². The molecule has 6 nitrogen and oxygen atoms in total. The Bertz CT molecular complexity index is 1380. The van der Waals surface area contributed by atoms with Gasteiger partial charge in [0.15, 0.2) is 6.10 Å². The Balaban J connectivity index is 4.33. The van der Waals surface area contributed by atoms with Gasteiger partial charge in [0.05, 0.1) is 0 Å². The molecule has 0 spiro atoms. The summed E-state index contributed by atoms with van der Waals surface area (Å²) in [6, 6.07) is 0. The monoisotopic (exact) mass is 1000 g/mol. The average Bonchev–Trinajstić information content (AvgIpc) is 3.38. The molecule has 414 valence electrons. The van der Waals surface area contributed by atoms with Crippen molar-refractivity contribution in [2.45, 2.75) is 303 Å². The first kappa shape index (κ1) is 68.6. The molecular formula is C66H114O6. The molecule has 0 aromatic carbocycles.